The third-order valence-electron chi connectivity index (χ3n) is 4.22. The van der Waals surface area contributed by atoms with Gasteiger partial charge in [0.05, 0.1) is 0 Å². The predicted molar refractivity (Wildman–Crippen MR) is 85.5 cm³/mol. The molecular formula is C17H17BrN2O2. The molecule has 2 aromatic rings. The summed E-state index contributed by atoms with van der Waals surface area (Å²) in [6, 6.07) is 10.3. The molecule has 2 saturated carbocycles. The smallest absolute Gasteiger partial charge is 0.276 e. The number of carbonyl (C=O) groups excluding carboxylic acids is 1. The number of amides is 1. The third-order valence-corrected chi connectivity index (χ3v) is 4.71. The van der Waals surface area contributed by atoms with E-state index in [1.165, 1.54) is 0 Å². The highest BCUT2D eigenvalue weighted by Crippen LogP contribution is 2.40. The lowest BCUT2D eigenvalue weighted by atomic mass is 10.2. The van der Waals surface area contributed by atoms with Crippen LogP contribution < -0.4 is 0 Å². The number of hydrogen-bond donors (Lipinski definition) is 0. The molecule has 0 radical (unpaired) electrons. The summed E-state index contributed by atoms with van der Waals surface area (Å²) in [5, 5.41) is 3.99. The molecule has 4 nitrogen and oxygen atoms in total. The first-order valence-corrected chi connectivity index (χ1v) is 8.52. The summed E-state index contributed by atoms with van der Waals surface area (Å²) >= 11 is 3.48. The van der Waals surface area contributed by atoms with E-state index in [-0.39, 0.29) is 5.91 Å². The number of hydrogen-bond acceptors (Lipinski definition) is 3. The molecular weight excluding hydrogens is 344 g/mol. The van der Waals surface area contributed by atoms with Crippen LogP contribution in [0.25, 0.3) is 0 Å². The molecule has 22 heavy (non-hydrogen) atoms. The minimum absolute atomic E-state index is 0.0156. The van der Waals surface area contributed by atoms with Crippen LogP contribution in [0.5, 0.6) is 0 Å². The molecule has 0 N–H and O–H groups in total. The Morgan fingerprint density at radius 2 is 2.09 bits per heavy atom. The van der Waals surface area contributed by atoms with Crippen molar-refractivity contribution in [1.82, 2.24) is 10.1 Å². The molecule has 0 saturated heterocycles. The van der Waals surface area contributed by atoms with Gasteiger partial charge in [0, 0.05) is 29.0 Å². The Balaban J connectivity index is 1.54. The number of carbonyl (C=O) groups is 1. The van der Waals surface area contributed by atoms with Crippen LogP contribution in [-0.4, -0.2) is 22.0 Å². The van der Waals surface area contributed by atoms with E-state index in [1.54, 1.807) is 0 Å². The molecule has 0 unspecified atom stereocenters. The fourth-order valence-corrected chi connectivity index (χ4v) is 3.13. The van der Waals surface area contributed by atoms with Crippen LogP contribution in [0.1, 0.15) is 53.4 Å². The molecule has 4 rings (SSSR count). The zero-order valence-corrected chi connectivity index (χ0v) is 13.8. The van der Waals surface area contributed by atoms with Gasteiger partial charge in [-0.1, -0.05) is 33.2 Å². The van der Waals surface area contributed by atoms with Gasteiger partial charge in [-0.05, 0) is 43.4 Å². The molecule has 2 fully saturated rings. The van der Waals surface area contributed by atoms with Gasteiger partial charge in [0.25, 0.3) is 5.91 Å². The Morgan fingerprint density at radius 1 is 1.27 bits per heavy atom. The van der Waals surface area contributed by atoms with Gasteiger partial charge in [-0.15, -0.1) is 0 Å². The van der Waals surface area contributed by atoms with Crippen LogP contribution in [0, 0.1) is 0 Å². The van der Waals surface area contributed by atoms with Crippen molar-refractivity contribution in [2.24, 2.45) is 0 Å². The molecule has 1 heterocycles. The minimum atomic E-state index is -0.0156. The zero-order valence-electron chi connectivity index (χ0n) is 12.2. The molecule has 0 bridgehead atoms. The van der Waals surface area contributed by atoms with Crippen LogP contribution >= 0.6 is 15.9 Å². The Labute approximate surface area is 137 Å². The van der Waals surface area contributed by atoms with E-state index in [9.17, 15) is 4.79 Å². The van der Waals surface area contributed by atoms with Gasteiger partial charge >= 0.3 is 0 Å². The maximum atomic E-state index is 12.8. The molecule has 0 atom stereocenters. The Hall–Kier alpha value is -1.62. The number of halogens is 1. The van der Waals surface area contributed by atoms with Crippen LogP contribution in [0.4, 0.5) is 0 Å². The summed E-state index contributed by atoms with van der Waals surface area (Å²) < 4.78 is 6.36. The molecule has 2 aliphatic rings. The highest BCUT2D eigenvalue weighted by Gasteiger charge is 2.35. The second kappa shape index (κ2) is 5.54. The van der Waals surface area contributed by atoms with E-state index in [4.69, 9.17) is 4.52 Å². The lowest BCUT2D eigenvalue weighted by Gasteiger charge is -2.21. The molecule has 1 amide bonds. The lowest BCUT2D eigenvalue weighted by Crippen LogP contribution is -2.32. The highest BCUT2D eigenvalue weighted by atomic mass is 79.9. The number of aromatic nitrogens is 1. The number of nitrogens with zero attached hydrogens (tertiary/aromatic N) is 2. The normalized spacial score (nSPS) is 17.5. The van der Waals surface area contributed by atoms with Gasteiger partial charge in [0.15, 0.2) is 5.69 Å². The lowest BCUT2D eigenvalue weighted by molar-refractivity contribution is 0.0719. The van der Waals surface area contributed by atoms with E-state index in [0.717, 1.165) is 41.5 Å². The van der Waals surface area contributed by atoms with Crippen molar-refractivity contribution in [2.75, 3.05) is 0 Å². The maximum absolute atomic E-state index is 12.8. The van der Waals surface area contributed by atoms with Crippen LogP contribution in [0.3, 0.4) is 0 Å². The second-order valence-corrected chi connectivity index (χ2v) is 7.10. The molecule has 5 heteroatoms. The van der Waals surface area contributed by atoms with E-state index in [0.29, 0.717) is 24.2 Å². The largest absolute Gasteiger partial charge is 0.360 e. The first kappa shape index (κ1) is 14.0. The van der Waals surface area contributed by atoms with Crippen molar-refractivity contribution >= 4 is 21.8 Å². The van der Waals surface area contributed by atoms with Crippen molar-refractivity contribution in [1.29, 1.82) is 0 Å². The average Bonchev–Trinajstić information content (AvgIpc) is 3.43. The van der Waals surface area contributed by atoms with Crippen molar-refractivity contribution in [3.05, 3.63) is 51.8 Å². The van der Waals surface area contributed by atoms with Crippen molar-refractivity contribution < 1.29 is 9.32 Å². The minimum Gasteiger partial charge on any atom is -0.360 e. The summed E-state index contributed by atoms with van der Waals surface area (Å²) in [6.45, 7) is 0.620. The summed E-state index contributed by atoms with van der Waals surface area (Å²) in [5.41, 5.74) is 1.57. The third kappa shape index (κ3) is 2.95. The summed E-state index contributed by atoms with van der Waals surface area (Å²) in [7, 11) is 0. The quantitative estimate of drug-likeness (QED) is 0.805. The van der Waals surface area contributed by atoms with Crippen molar-refractivity contribution in [2.45, 2.75) is 44.2 Å². The van der Waals surface area contributed by atoms with E-state index >= 15 is 0 Å². The van der Waals surface area contributed by atoms with Crippen LogP contribution in [0.15, 0.2) is 39.3 Å². The monoisotopic (exact) mass is 360 g/mol. The standard InChI is InChI=1S/C17H17BrN2O2/c18-13-3-1-2-11(8-13)10-20(14-6-7-14)17(21)15-9-16(22-19-15)12-4-5-12/h1-3,8-9,12,14H,4-7,10H2. The van der Waals surface area contributed by atoms with Gasteiger partial charge in [-0.25, -0.2) is 0 Å². The molecule has 114 valence electrons. The molecule has 0 spiro atoms. The number of rotatable bonds is 5. The Bertz CT molecular complexity index is 704. The molecule has 1 aromatic carbocycles. The van der Waals surface area contributed by atoms with E-state index in [2.05, 4.69) is 27.2 Å². The van der Waals surface area contributed by atoms with Crippen LogP contribution in [0.2, 0.25) is 0 Å². The van der Waals surface area contributed by atoms with E-state index < -0.39 is 0 Å². The maximum Gasteiger partial charge on any atom is 0.276 e. The zero-order chi connectivity index (χ0) is 15.1. The molecule has 0 aliphatic heterocycles. The predicted octanol–water partition coefficient (Wildman–Crippen LogP) is 4.12. The fraction of sp³-hybridized carbons (Fsp3) is 0.412. The van der Waals surface area contributed by atoms with Gasteiger partial charge in [-0.2, -0.15) is 0 Å². The summed E-state index contributed by atoms with van der Waals surface area (Å²) in [5.74, 6) is 1.33. The van der Waals surface area contributed by atoms with Gasteiger partial charge in [0.1, 0.15) is 5.76 Å². The molecule has 1 aromatic heterocycles. The first-order chi connectivity index (χ1) is 10.7. The highest BCUT2D eigenvalue weighted by molar-refractivity contribution is 9.10. The first-order valence-electron chi connectivity index (χ1n) is 7.73. The summed E-state index contributed by atoms with van der Waals surface area (Å²) in [6.07, 6.45) is 4.45. The van der Waals surface area contributed by atoms with Crippen LogP contribution in [-0.2, 0) is 6.54 Å². The Morgan fingerprint density at radius 3 is 2.77 bits per heavy atom. The van der Waals surface area contributed by atoms with Gasteiger partial charge < -0.3 is 9.42 Å². The fourth-order valence-electron chi connectivity index (χ4n) is 2.68. The van der Waals surface area contributed by atoms with Crippen molar-refractivity contribution in [3.8, 4) is 0 Å². The van der Waals surface area contributed by atoms with E-state index in [1.807, 2.05) is 29.2 Å². The van der Waals surface area contributed by atoms with Crippen molar-refractivity contribution in [3.63, 3.8) is 0 Å². The average molecular weight is 361 g/mol. The SMILES string of the molecule is O=C(c1cc(C2CC2)on1)N(Cc1cccc(Br)c1)C1CC1. The van der Waals surface area contributed by atoms with Gasteiger partial charge in [-0.3, -0.25) is 4.79 Å². The van der Waals surface area contributed by atoms with Gasteiger partial charge in [0.2, 0.25) is 0 Å². The summed E-state index contributed by atoms with van der Waals surface area (Å²) in [4.78, 5) is 14.7. The topological polar surface area (TPSA) is 46.3 Å². The number of benzene rings is 1. The second-order valence-electron chi connectivity index (χ2n) is 6.18. The Kier molecular flexibility index (Phi) is 3.53. The molecule has 2 aliphatic carbocycles.